The Morgan fingerprint density at radius 3 is 2.30 bits per heavy atom. The van der Waals surface area contributed by atoms with Crippen molar-refractivity contribution in [2.45, 2.75) is 6.18 Å². The van der Waals surface area contributed by atoms with E-state index in [0.29, 0.717) is 16.5 Å². The molecule has 0 saturated carbocycles. The first-order valence-electron chi connectivity index (χ1n) is 6.07. The summed E-state index contributed by atoms with van der Waals surface area (Å²) in [6.45, 7) is 0. The van der Waals surface area contributed by atoms with Gasteiger partial charge in [-0.25, -0.2) is 0 Å². The SMILES string of the molecule is COc1ccc2c(C(F)(F)F)cc3ccccc3c2c1. The molecule has 3 aromatic rings. The largest absolute Gasteiger partial charge is 0.497 e. The second-order valence-corrected chi connectivity index (χ2v) is 4.55. The van der Waals surface area contributed by atoms with Gasteiger partial charge in [-0.2, -0.15) is 13.2 Å². The number of hydrogen-bond donors (Lipinski definition) is 0. The molecule has 102 valence electrons. The number of methoxy groups -OCH3 is 1. The average molecular weight is 276 g/mol. The molecule has 0 saturated heterocycles. The fourth-order valence-electron chi connectivity index (χ4n) is 2.44. The van der Waals surface area contributed by atoms with Gasteiger partial charge in [-0.3, -0.25) is 0 Å². The minimum atomic E-state index is -4.38. The lowest BCUT2D eigenvalue weighted by atomic mass is 9.97. The number of fused-ring (bicyclic) bond motifs is 3. The number of hydrogen-bond acceptors (Lipinski definition) is 1. The number of halogens is 3. The molecule has 0 amide bonds. The second kappa shape index (κ2) is 4.40. The highest BCUT2D eigenvalue weighted by molar-refractivity contribution is 6.09. The van der Waals surface area contributed by atoms with Crippen molar-refractivity contribution < 1.29 is 17.9 Å². The summed E-state index contributed by atoms with van der Waals surface area (Å²) >= 11 is 0. The molecule has 0 radical (unpaired) electrons. The van der Waals surface area contributed by atoms with E-state index in [2.05, 4.69) is 0 Å². The summed E-state index contributed by atoms with van der Waals surface area (Å²) in [6, 6.07) is 12.9. The van der Waals surface area contributed by atoms with Crippen LogP contribution in [-0.2, 0) is 6.18 Å². The van der Waals surface area contributed by atoms with Crippen LogP contribution in [0.15, 0.2) is 48.5 Å². The van der Waals surface area contributed by atoms with Gasteiger partial charge in [0.2, 0.25) is 0 Å². The van der Waals surface area contributed by atoms with Crippen LogP contribution < -0.4 is 4.74 Å². The van der Waals surface area contributed by atoms with Gasteiger partial charge in [0.05, 0.1) is 12.7 Å². The van der Waals surface area contributed by atoms with Crippen LogP contribution in [0.3, 0.4) is 0 Å². The van der Waals surface area contributed by atoms with Crippen LogP contribution in [0.2, 0.25) is 0 Å². The summed E-state index contributed by atoms with van der Waals surface area (Å²) in [5, 5.41) is 2.10. The highest BCUT2D eigenvalue weighted by Gasteiger charge is 2.33. The fraction of sp³-hybridized carbons (Fsp3) is 0.125. The third kappa shape index (κ3) is 1.97. The van der Waals surface area contributed by atoms with Crippen molar-refractivity contribution in [3.8, 4) is 5.75 Å². The molecule has 3 aromatic carbocycles. The number of alkyl halides is 3. The molecule has 0 atom stereocenters. The molecule has 0 aliphatic carbocycles. The Bertz CT molecular complexity index is 791. The van der Waals surface area contributed by atoms with Crippen LogP contribution in [-0.4, -0.2) is 7.11 Å². The number of rotatable bonds is 1. The van der Waals surface area contributed by atoms with E-state index < -0.39 is 11.7 Å². The molecule has 0 bridgehead atoms. The van der Waals surface area contributed by atoms with Crippen molar-refractivity contribution in [2.75, 3.05) is 7.11 Å². The zero-order chi connectivity index (χ0) is 14.3. The maximum absolute atomic E-state index is 13.2. The maximum Gasteiger partial charge on any atom is 0.417 e. The Morgan fingerprint density at radius 2 is 1.60 bits per heavy atom. The molecule has 0 aliphatic rings. The van der Waals surface area contributed by atoms with E-state index >= 15 is 0 Å². The summed E-state index contributed by atoms with van der Waals surface area (Å²) < 4.78 is 44.7. The standard InChI is InChI=1S/C16H11F3O/c1-20-11-6-7-13-14(9-11)12-5-3-2-4-10(12)8-15(13)16(17,18)19/h2-9H,1H3. The van der Waals surface area contributed by atoms with Crippen molar-refractivity contribution in [1.29, 1.82) is 0 Å². The molecule has 0 fully saturated rings. The van der Waals surface area contributed by atoms with Crippen molar-refractivity contribution in [2.24, 2.45) is 0 Å². The van der Waals surface area contributed by atoms with Gasteiger partial charge < -0.3 is 4.74 Å². The van der Waals surface area contributed by atoms with Crippen LogP contribution >= 0.6 is 0 Å². The van der Waals surface area contributed by atoms with E-state index in [0.717, 1.165) is 5.39 Å². The Morgan fingerprint density at radius 1 is 0.850 bits per heavy atom. The van der Waals surface area contributed by atoms with Crippen molar-refractivity contribution in [3.05, 3.63) is 54.1 Å². The van der Waals surface area contributed by atoms with Crippen LogP contribution in [0.5, 0.6) is 5.75 Å². The summed E-state index contributed by atoms with van der Waals surface area (Å²) in [7, 11) is 1.50. The van der Waals surface area contributed by atoms with Crippen LogP contribution in [0.4, 0.5) is 13.2 Å². The lowest BCUT2D eigenvalue weighted by Crippen LogP contribution is -2.06. The Kier molecular flexibility index (Phi) is 2.82. The van der Waals surface area contributed by atoms with Gasteiger partial charge >= 0.3 is 6.18 Å². The minimum Gasteiger partial charge on any atom is -0.497 e. The lowest BCUT2D eigenvalue weighted by Gasteiger charge is -2.14. The van der Waals surface area contributed by atoms with Gasteiger partial charge in [0.15, 0.2) is 0 Å². The molecule has 1 nitrogen and oxygen atoms in total. The molecular weight excluding hydrogens is 265 g/mol. The third-order valence-corrected chi connectivity index (χ3v) is 3.37. The first kappa shape index (κ1) is 12.8. The molecule has 0 aromatic heterocycles. The maximum atomic E-state index is 13.2. The number of ether oxygens (including phenoxy) is 1. The highest BCUT2D eigenvalue weighted by Crippen LogP contribution is 2.39. The van der Waals surface area contributed by atoms with E-state index in [1.807, 2.05) is 12.1 Å². The molecule has 20 heavy (non-hydrogen) atoms. The van der Waals surface area contributed by atoms with E-state index in [4.69, 9.17) is 4.74 Å². The average Bonchev–Trinajstić information content (AvgIpc) is 2.44. The van der Waals surface area contributed by atoms with Crippen molar-refractivity contribution in [1.82, 2.24) is 0 Å². The first-order chi connectivity index (χ1) is 9.50. The smallest absolute Gasteiger partial charge is 0.417 e. The molecule has 0 heterocycles. The van der Waals surface area contributed by atoms with Crippen molar-refractivity contribution >= 4 is 21.5 Å². The van der Waals surface area contributed by atoms with Gasteiger partial charge in [-0.1, -0.05) is 30.3 Å². The van der Waals surface area contributed by atoms with Crippen LogP contribution in [0.1, 0.15) is 5.56 Å². The molecule has 0 unspecified atom stereocenters. The molecule has 3 rings (SSSR count). The van der Waals surface area contributed by atoms with E-state index in [9.17, 15) is 13.2 Å². The van der Waals surface area contributed by atoms with E-state index in [1.165, 1.54) is 19.2 Å². The molecular formula is C16H11F3O. The molecule has 0 aliphatic heterocycles. The van der Waals surface area contributed by atoms with E-state index in [-0.39, 0.29) is 5.39 Å². The lowest BCUT2D eigenvalue weighted by molar-refractivity contribution is -0.136. The predicted octanol–water partition coefficient (Wildman–Crippen LogP) is 5.02. The van der Waals surface area contributed by atoms with Gasteiger partial charge in [0, 0.05) is 0 Å². The van der Waals surface area contributed by atoms with Crippen LogP contribution in [0.25, 0.3) is 21.5 Å². The minimum absolute atomic E-state index is 0.192. The Hall–Kier alpha value is -2.23. The Balaban J connectivity index is 2.50. The monoisotopic (exact) mass is 276 g/mol. The van der Waals surface area contributed by atoms with Gasteiger partial charge in [-0.15, -0.1) is 0 Å². The molecule has 0 N–H and O–H groups in total. The summed E-state index contributed by atoms with van der Waals surface area (Å²) in [5.74, 6) is 0.543. The van der Waals surface area contributed by atoms with E-state index in [1.54, 1.807) is 24.3 Å². The summed E-state index contributed by atoms with van der Waals surface area (Å²) in [4.78, 5) is 0. The quantitative estimate of drug-likeness (QED) is 0.567. The van der Waals surface area contributed by atoms with Gasteiger partial charge in [0.25, 0.3) is 0 Å². The first-order valence-corrected chi connectivity index (χ1v) is 6.07. The third-order valence-electron chi connectivity index (χ3n) is 3.37. The summed E-state index contributed by atoms with van der Waals surface area (Å²) in [5.41, 5.74) is -0.617. The zero-order valence-electron chi connectivity index (χ0n) is 10.7. The second-order valence-electron chi connectivity index (χ2n) is 4.55. The fourth-order valence-corrected chi connectivity index (χ4v) is 2.44. The predicted molar refractivity (Wildman–Crippen MR) is 73.0 cm³/mol. The normalized spacial score (nSPS) is 12.0. The van der Waals surface area contributed by atoms with Gasteiger partial charge in [-0.05, 0) is 39.7 Å². The topological polar surface area (TPSA) is 9.23 Å². The molecule has 4 heteroatoms. The zero-order valence-corrected chi connectivity index (χ0v) is 10.7. The van der Waals surface area contributed by atoms with Crippen LogP contribution in [0, 0.1) is 0 Å². The summed E-state index contributed by atoms with van der Waals surface area (Å²) in [6.07, 6.45) is -4.38. The molecule has 0 spiro atoms. The Labute approximate surface area is 113 Å². The number of benzene rings is 3. The van der Waals surface area contributed by atoms with Gasteiger partial charge in [0.1, 0.15) is 5.75 Å². The van der Waals surface area contributed by atoms with Crippen molar-refractivity contribution in [3.63, 3.8) is 0 Å². The highest BCUT2D eigenvalue weighted by atomic mass is 19.4.